The molecule has 2 aromatic carbocycles. The molecule has 0 saturated heterocycles. The van der Waals surface area contributed by atoms with Crippen LogP contribution in [0.25, 0.3) is 0 Å². The summed E-state index contributed by atoms with van der Waals surface area (Å²) in [6.07, 6.45) is -2.37. The van der Waals surface area contributed by atoms with Gasteiger partial charge in [-0.05, 0) is 42.5 Å². The van der Waals surface area contributed by atoms with Crippen LogP contribution in [0.5, 0.6) is 0 Å². The summed E-state index contributed by atoms with van der Waals surface area (Å²) >= 11 is 0. The molecule has 6 nitrogen and oxygen atoms in total. The monoisotopic (exact) mass is 379 g/mol. The van der Waals surface area contributed by atoms with Gasteiger partial charge in [0.05, 0.1) is 16.4 Å². The smallest absolute Gasteiger partial charge is 0.292 e. The number of rotatable bonds is 4. The van der Waals surface area contributed by atoms with E-state index in [1.165, 1.54) is 0 Å². The second-order valence-electron chi connectivity index (χ2n) is 6.24. The average Bonchev–Trinajstić information content (AvgIpc) is 2.64. The number of nitrogens with one attached hydrogen (secondary N) is 2. The summed E-state index contributed by atoms with van der Waals surface area (Å²) in [6, 6.07) is 9.61. The summed E-state index contributed by atoms with van der Waals surface area (Å²) in [6.45, 7) is 0. The van der Waals surface area contributed by atoms with Crippen molar-refractivity contribution in [1.82, 2.24) is 5.43 Å². The van der Waals surface area contributed by atoms with Crippen LogP contribution in [-0.4, -0.2) is 10.8 Å². The van der Waals surface area contributed by atoms with Crippen LogP contribution in [0.15, 0.2) is 42.5 Å². The highest BCUT2D eigenvalue weighted by Crippen LogP contribution is 2.35. The Balaban J connectivity index is 1.77. The zero-order chi connectivity index (χ0) is 19.6. The van der Waals surface area contributed by atoms with Crippen LogP contribution < -0.4 is 10.9 Å². The van der Waals surface area contributed by atoms with E-state index in [2.05, 4.69) is 10.9 Å². The van der Waals surface area contributed by atoms with E-state index in [9.17, 15) is 28.1 Å². The average molecular weight is 379 g/mol. The summed E-state index contributed by atoms with van der Waals surface area (Å²) in [5, 5.41) is 11.1. The van der Waals surface area contributed by atoms with Crippen LogP contribution in [0.2, 0.25) is 0 Å². The molecule has 0 fully saturated rings. The molecule has 0 spiro atoms. The predicted molar refractivity (Wildman–Crippen MR) is 92.0 cm³/mol. The lowest BCUT2D eigenvalue weighted by molar-refractivity contribution is -0.384. The fraction of sp³-hybridized carbons (Fsp3) is 0.278. The summed E-state index contributed by atoms with van der Waals surface area (Å²) in [7, 11) is 0. The first-order valence-corrected chi connectivity index (χ1v) is 8.26. The zero-order valence-electron chi connectivity index (χ0n) is 14.0. The molecule has 9 heteroatoms. The van der Waals surface area contributed by atoms with E-state index in [0.29, 0.717) is 12.5 Å². The van der Waals surface area contributed by atoms with Crippen molar-refractivity contribution in [3.63, 3.8) is 0 Å². The number of carbonyl (C=O) groups is 1. The lowest BCUT2D eigenvalue weighted by atomic mass is 9.82. The summed E-state index contributed by atoms with van der Waals surface area (Å²) in [5.41, 5.74) is 4.63. The minimum Gasteiger partial charge on any atom is -0.292 e. The first-order valence-electron chi connectivity index (χ1n) is 8.26. The number of amides is 1. The first-order chi connectivity index (χ1) is 12.8. The Kier molecular flexibility index (Phi) is 5.02. The number of nitrogens with zero attached hydrogens (tertiary/aromatic N) is 1. The molecule has 3 rings (SSSR count). The minimum atomic E-state index is -4.70. The third kappa shape index (κ3) is 4.02. The molecule has 1 amide bonds. The van der Waals surface area contributed by atoms with Gasteiger partial charge in [-0.25, -0.2) is 0 Å². The maximum atomic E-state index is 12.7. The SMILES string of the molecule is O=C(NNc1ccc(C(F)(F)F)cc1[N+](=O)[O-])[C@@H]1CCCc2ccccc21. The number of fused-ring (bicyclic) bond motifs is 1. The van der Waals surface area contributed by atoms with Crippen molar-refractivity contribution in [2.45, 2.75) is 31.4 Å². The molecule has 0 unspecified atom stereocenters. The second kappa shape index (κ2) is 7.26. The van der Waals surface area contributed by atoms with Crippen molar-refractivity contribution in [2.75, 3.05) is 5.43 Å². The molecule has 0 bridgehead atoms. The highest BCUT2D eigenvalue weighted by atomic mass is 19.4. The van der Waals surface area contributed by atoms with Crippen LogP contribution in [0.4, 0.5) is 24.5 Å². The quantitative estimate of drug-likeness (QED) is 0.617. The Morgan fingerprint density at radius 1 is 1.19 bits per heavy atom. The van der Waals surface area contributed by atoms with E-state index in [1.54, 1.807) is 0 Å². The number of benzene rings is 2. The van der Waals surface area contributed by atoms with Crippen molar-refractivity contribution in [1.29, 1.82) is 0 Å². The highest BCUT2D eigenvalue weighted by molar-refractivity contribution is 5.85. The Morgan fingerprint density at radius 3 is 2.63 bits per heavy atom. The number of anilines is 1. The van der Waals surface area contributed by atoms with Gasteiger partial charge in [0.2, 0.25) is 5.91 Å². The number of hydrazine groups is 1. The molecule has 0 saturated carbocycles. The predicted octanol–water partition coefficient (Wildman–Crippen LogP) is 4.18. The number of hydrogen-bond donors (Lipinski definition) is 2. The van der Waals surface area contributed by atoms with Gasteiger partial charge in [0.1, 0.15) is 5.69 Å². The molecule has 2 N–H and O–H groups in total. The minimum absolute atomic E-state index is 0.217. The molecule has 1 aliphatic rings. The lowest BCUT2D eigenvalue weighted by Crippen LogP contribution is -2.35. The molecule has 2 aromatic rings. The Hall–Kier alpha value is -3.10. The normalized spacial score (nSPS) is 16.3. The fourth-order valence-corrected chi connectivity index (χ4v) is 3.21. The van der Waals surface area contributed by atoms with Crippen molar-refractivity contribution >= 4 is 17.3 Å². The van der Waals surface area contributed by atoms with Crippen molar-refractivity contribution < 1.29 is 22.9 Å². The molecule has 0 aliphatic heterocycles. The van der Waals surface area contributed by atoms with Crippen molar-refractivity contribution in [2.24, 2.45) is 0 Å². The van der Waals surface area contributed by atoms with Gasteiger partial charge in [-0.15, -0.1) is 0 Å². The van der Waals surface area contributed by atoms with Crippen LogP contribution in [0.3, 0.4) is 0 Å². The zero-order valence-corrected chi connectivity index (χ0v) is 14.0. The number of carbonyl (C=O) groups excluding carboxylic acids is 1. The lowest BCUT2D eigenvalue weighted by Gasteiger charge is -2.24. The molecule has 0 radical (unpaired) electrons. The van der Waals surface area contributed by atoms with Gasteiger partial charge in [0, 0.05) is 6.07 Å². The molecule has 142 valence electrons. The van der Waals surface area contributed by atoms with E-state index in [4.69, 9.17) is 0 Å². The standard InChI is InChI=1S/C18H16F3N3O3/c19-18(20,21)12-8-9-15(16(10-12)24(26)27)22-23-17(25)14-7-3-5-11-4-1-2-6-13(11)14/h1-2,4,6,8-10,14,22H,3,5,7H2,(H,23,25)/t14-/m1/s1. The molecule has 27 heavy (non-hydrogen) atoms. The second-order valence-corrected chi connectivity index (χ2v) is 6.24. The van der Waals surface area contributed by atoms with Gasteiger partial charge in [-0.1, -0.05) is 24.3 Å². The number of alkyl halides is 3. The van der Waals surface area contributed by atoms with Gasteiger partial charge in [-0.2, -0.15) is 13.2 Å². The molecular weight excluding hydrogens is 363 g/mol. The van der Waals surface area contributed by atoms with Crippen molar-refractivity contribution in [3.05, 3.63) is 69.3 Å². The van der Waals surface area contributed by atoms with Crippen molar-refractivity contribution in [3.8, 4) is 0 Å². The van der Waals surface area contributed by atoms with E-state index < -0.39 is 34.2 Å². The highest BCUT2D eigenvalue weighted by Gasteiger charge is 2.33. The van der Waals surface area contributed by atoms with Gasteiger partial charge >= 0.3 is 6.18 Å². The Morgan fingerprint density at radius 2 is 1.93 bits per heavy atom. The van der Waals surface area contributed by atoms with Crippen LogP contribution in [0.1, 0.15) is 35.4 Å². The number of nitro benzene ring substituents is 1. The number of aryl methyl sites for hydroxylation is 1. The van der Waals surface area contributed by atoms with E-state index in [-0.39, 0.29) is 5.69 Å². The Labute approximate surface area is 152 Å². The molecule has 1 aliphatic carbocycles. The first kappa shape index (κ1) is 18.7. The third-order valence-electron chi connectivity index (χ3n) is 4.53. The van der Waals surface area contributed by atoms with Gasteiger partial charge in [-0.3, -0.25) is 25.8 Å². The molecule has 1 atom stereocenters. The van der Waals surface area contributed by atoms with Crippen LogP contribution in [-0.2, 0) is 17.4 Å². The summed E-state index contributed by atoms with van der Waals surface area (Å²) in [4.78, 5) is 22.7. The summed E-state index contributed by atoms with van der Waals surface area (Å²) in [5.74, 6) is -0.813. The van der Waals surface area contributed by atoms with E-state index in [1.807, 2.05) is 24.3 Å². The molecule has 0 heterocycles. The number of halogens is 3. The molecular formula is C18H16F3N3O3. The van der Waals surface area contributed by atoms with Crippen LogP contribution in [0, 0.1) is 10.1 Å². The van der Waals surface area contributed by atoms with Gasteiger partial charge in [0.25, 0.3) is 5.69 Å². The van der Waals surface area contributed by atoms with E-state index >= 15 is 0 Å². The van der Waals surface area contributed by atoms with Crippen LogP contribution >= 0.6 is 0 Å². The maximum absolute atomic E-state index is 12.7. The van der Waals surface area contributed by atoms with Gasteiger partial charge < -0.3 is 0 Å². The fourth-order valence-electron chi connectivity index (χ4n) is 3.21. The maximum Gasteiger partial charge on any atom is 0.416 e. The largest absolute Gasteiger partial charge is 0.416 e. The van der Waals surface area contributed by atoms with Gasteiger partial charge in [0.15, 0.2) is 0 Å². The number of nitro groups is 1. The molecule has 0 aromatic heterocycles. The summed E-state index contributed by atoms with van der Waals surface area (Å²) < 4.78 is 38.2. The third-order valence-corrected chi connectivity index (χ3v) is 4.53. The Bertz CT molecular complexity index is 884. The topological polar surface area (TPSA) is 84.3 Å². The van der Waals surface area contributed by atoms with E-state index in [0.717, 1.165) is 36.1 Å². The number of hydrogen-bond acceptors (Lipinski definition) is 4.